The molecule has 2 rings (SSSR count). The number of aromatic nitrogens is 2. The van der Waals surface area contributed by atoms with Gasteiger partial charge in [0.1, 0.15) is 21.6 Å². The molecular formula is C8H4ClN3O5S. The second-order valence-electron chi connectivity index (χ2n) is 2.96. The van der Waals surface area contributed by atoms with Crippen LogP contribution in [0.4, 0.5) is 5.88 Å². The van der Waals surface area contributed by atoms with Crippen LogP contribution in [0.5, 0.6) is 0 Å². The fraction of sp³-hybridized carbons (Fsp3) is 0.125. The summed E-state index contributed by atoms with van der Waals surface area (Å²) in [6.07, 6.45) is 0. The van der Waals surface area contributed by atoms with Crippen LogP contribution in [-0.2, 0) is 11.3 Å². The van der Waals surface area contributed by atoms with Crippen LogP contribution < -0.4 is 0 Å². The van der Waals surface area contributed by atoms with Gasteiger partial charge in [0.05, 0.1) is 6.07 Å². The molecule has 8 nitrogen and oxygen atoms in total. The van der Waals surface area contributed by atoms with Crippen molar-refractivity contribution in [3.05, 3.63) is 38.0 Å². The molecule has 0 saturated carbocycles. The minimum absolute atomic E-state index is 0.178. The average molecular weight is 290 g/mol. The Hall–Kier alpha value is -2.00. The lowest BCUT2D eigenvalue weighted by Crippen LogP contribution is -2.04. The number of esters is 1. The highest BCUT2D eigenvalue weighted by Crippen LogP contribution is 2.20. The summed E-state index contributed by atoms with van der Waals surface area (Å²) >= 11 is 6.66. The molecule has 0 fully saturated rings. The number of furan rings is 1. The third-order valence-electron chi connectivity index (χ3n) is 1.82. The van der Waals surface area contributed by atoms with E-state index in [0.717, 1.165) is 23.7 Å². The second kappa shape index (κ2) is 5.10. The van der Waals surface area contributed by atoms with E-state index in [1.54, 1.807) is 0 Å². The third kappa shape index (κ3) is 2.63. The summed E-state index contributed by atoms with van der Waals surface area (Å²) in [5.74, 6) is -1.64. The monoisotopic (exact) mass is 289 g/mol. The Morgan fingerprint density at radius 3 is 2.94 bits per heavy atom. The van der Waals surface area contributed by atoms with Gasteiger partial charge in [0.2, 0.25) is 5.76 Å². The van der Waals surface area contributed by atoms with Crippen LogP contribution in [0, 0.1) is 10.1 Å². The van der Waals surface area contributed by atoms with Gasteiger partial charge in [0.15, 0.2) is 0 Å². The summed E-state index contributed by atoms with van der Waals surface area (Å²) < 4.78 is 13.3. The van der Waals surface area contributed by atoms with Gasteiger partial charge in [-0.25, -0.2) is 4.79 Å². The molecule has 94 valence electrons. The summed E-state index contributed by atoms with van der Waals surface area (Å²) in [4.78, 5) is 21.1. The molecule has 0 amide bonds. The summed E-state index contributed by atoms with van der Waals surface area (Å²) in [5, 5.41) is 14.0. The Morgan fingerprint density at radius 2 is 2.39 bits per heavy atom. The SMILES string of the molecule is O=C(OCc1nnsc1Cl)c1ccc([N+](=O)[O-])o1. The minimum Gasteiger partial charge on any atom is -0.453 e. The zero-order chi connectivity index (χ0) is 13.1. The smallest absolute Gasteiger partial charge is 0.433 e. The first-order valence-electron chi connectivity index (χ1n) is 4.46. The summed E-state index contributed by atoms with van der Waals surface area (Å²) in [6, 6.07) is 2.22. The van der Waals surface area contributed by atoms with Gasteiger partial charge >= 0.3 is 11.9 Å². The first-order valence-corrected chi connectivity index (χ1v) is 5.61. The van der Waals surface area contributed by atoms with E-state index in [9.17, 15) is 14.9 Å². The van der Waals surface area contributed by atoms with Crippen LogP contribution in [-0.4, -0.2) is 20.5 Å². The molecule has 2 heterocycles. The fourth-order valence-electron chi connectivity index (χ4n) is 1.02. The molecule has 0 N–H and O–H groups in total. The van der Waals surface area contributed by atoms with Crippen LogP contribution in [0.3, 0.4) is 0 Å². The van der Waals surface area contributed by atoms with Gasteiger partial charge in [-0.2, -0.15) is 0 Å². The molecule has 0 saturated heterocycles. The van der Waals surface area contributed by atoms with Crippen LogP contribution >= 0.6 is 23.1 Å². The number of carbonyl (C=O) groups is 1. The van der Waals surface area contributed by atoms with Gasteiger partial charge in [-0.1, -0.05) is 16.1 Å². The normalized spacial score (nSPS) is 10.3. The van der Waals surface area contributed by atoms with Crippen molar-refractivity contribution in [1.82, 2.24) is 9.59 Å². The molecule has 10 heteroatoms. The molecule has 2 aromatic heterocycles. The Balaban J connectivity index is 1.99. The highest BCUT2D eigenvalue weighted by Gasteiger charge is 2.19. The van der Waals surface area contributed by atoms with Crippen molar-refractivity contribution in [2.75, 3.05) is 0 Å². The molecule has 0 aliphatic rings. The summed E-state index contributed by atoms with van der Waals surface area (Å²) in [7, 11) is 0. The lowest BCUT2D eigenvalue weighted by Gasteiger charge is -1.99. The molecular weight excluding hydrogens is 286 g/mol. The molecule has 0 aromatic carbocycles. The van der Waals surface area contributed by atoms with E-state index in [1.807, 2.05) is 0 Å². The van der Waals surface area contributed by atoms with E-state index in [2.05, 4.69) is 14.0 Å². The zero-order valence-corrected chi connectivity index (χ0v) is 10.1. The largest absolute Gasteiger partial charge is 0.453 e. The number of halogens is 1. The van der Waals surface area contributed by atoms with E-state index in [-0.39, 0.29) is 12.4 Å². The number of hydrogen-bond acceptors (Lipinski definition) is 8. The topological polar surface area (TPSA) is 108 Å². The first-order chi connectivity index (χ1) is 8.58. The van der Waals surface area contributed by atoms with Crippen molar-refractivity contribution in [3.63, 3.8) is 0 Å². The predicted octanol–water partition coefficient (Wildman–Crippen LogP) is 2.05. The quantitative estimate of drug-likeness (QED) is 0.481. The van der Waals surface area contributed by atoms with Crippen LogP contribution in [0.2, 0.25) is 4.34 Å². The van der Waals surface area contributed by atoms with E-state index >= 15 is 0 Å². The lowest BCUT2D eigenvalue weighted by molar-refractivity contribution is -0.402. The highest BCUT2D eigenvalue weighted by atomic mass is 35.5. The maximum Gasteiger partial charge on any atom is 0.433 e. The molecule has 0 bridgehead atoms. The van der Waals surface area contributed by atoms with Crippen molar-refractivity contribution >= 4 is 35.0 Å². The zero-order valence-electron chi connectivity index (χ0n) is 8.53. The number of rotatable bonds is 4. The molecule has 18 heavy (non-hydrogen) atoms. The maximum atomic E-state index is 11.5. The lowest BCUT2D eigenvalue weighted by atomic mass is 10.4. The Morgan fingerprint density at radius 1 is 1.61 bits per heavy atom. The van der Waals surface area contributed by atoms with Gasteiger partial charge in [0.25, 0.3) is 0 Å². The average Bonchev–Trinajstić information content (AvgIpc) is 2.94. The Kier molecular flexibility index (Phi) is 3.53. The number of carbonyl (C=O) groups excluding carboxylic acids is 1. The second-order valence-corrected chi connectivity index (χ2v) is 4.32. The number of hydrogen-bond donors (Lipinski definition) is 0. The van der Waals surface area contributed by atoms with Crippen molar-refractivity contribution in [3.8, 4) is 0 Å². The minimum atomic E-state index is -0.841. The molecule has 2 aromatic rings. The Bertz CT molecular complexity index is 595. The van der Waals surface area contributed by atoms with Gasteiger partial charge < -0.3 is 9.15 Å². The summed E-state index contributed by atoms with van der Waals surface area (Å²) in [5.41, 5.74) is 0.316. The van der Waals surface area contributed by atoms with Crippen LogP contribution in [0.25, 0.3) is 0 Å². The van der Waals surface area contributed by atoms with Crippen molar-refractivity contribution in [2.45, 2.75) is 6.61 Å². The van der Waals surface area contributed by atoms with Crippen molar-refractivity contribution in [1.29, 1.82) is 0 Å². The molecule has 0 spiro atoms. The van der Waals surface area contributed by atoms with Crippen LogP contribution in [0.15, 0.2) is 16.5 Å². The van der Waals surface area contributed by atoms with Gasteiger partial charge in [-0.15, -0.1) is 5.10 Å². The molecule has 0 aliphatic heterocycles. The van der Waals surface area contributed by atoms with Crippen molar-refractivity contribution < 1.29 is 18.9 Å². The van der Waals surface area contributed by atoms with Gasteiger partial charge in [-0.3, -0.25) is 10.1 Å². The number of nitro groups is 1. The molecule has 0 aliphatic carbocycles. The van der Waals surface area contributed by atoms with E-state index in [0.29, 0.717) is 10.0 Å². The third-order valence-corrected chi connectivity index (χ3v) is 2.81. The van der Waals surface area contributed by atoms with Crippen LogP contribution in [0.1, 0.15) is 16.2 Å². The predicted molar refractivity (Wildman–Crippen MR) is 59.4 cm³/mol. The molecule has 0 atom stereocenters. The first kappa shape index (κ1) is 12.5. The number of ether oxygens (including phenoxy) is 1. The standard InChI is InChI=1S/C8H4ClN3O5S/c9-7-4(10-11-18-7)3-16-8(13)5-1-2-6(17-5)12(14)15/h1-2H,3H2. The fourth-order valence-corrected chi connectivity index (χ4v) is 1.62. The Labute approximate surface area is 108 Å². The molecule has 0 radical (unpaired) electrons. The van der Waals surface area contributed by atoms with E-state index in [4.69, 9.17) is 16.3 Å². The number of nitrogens with zero attached hydrogens (tertiary/aromatic N) is 3. The molecule has 0 unspecified atom stereocenters. The van der Waals surface area contributed by atoms with E-state index in [1.165, 1.54) is 0 Å². The maximum absolute atomic E-state index is 11.5. The van der Waals surface area contributed by atoms with Crippen molar-refractivity contribution in [2.24, 2.45) is 0 Å². The van der Waals surface area contributed by atoms with E-state index < -0.39 is 16.8 Å². The van der Waals surface area contributed by atoms with Gasteiger partial charge in [0, 0.05) is 11.5 Å². The summed E-state index contributed by atoms with van der Waals surface area (Å²) in [6.45, 7) is -0.178. The highest BCUT2D eigenvalue weighted by molar-refractivity contribution is 7.10. The van der Waals surface area contributed by atoms with Gasteiger partial charge in [-0.05, 0) is 6.07 Å².